The van der Waals surface area contributed by atoms with E-state index >= 15 is 0 Å². The van der Waals surface area contributed by atoms with Gasteiger partial charge in [0.15, 0.2) is 13.9 Å². The predicted octanol–water partition coefficient (Wildman–Crippen LogP) is 4.01. The van der Waals surface area contributed by atoms with E-state index in [4.69, 9.17) is 0 Å². The van der Waals surface area contributed by atoms with E-state index in [1.807, 2.05) is 12.1 Å². The standard InChI is InChI=1S/C23H20O4S2/c24-28(25)18-22(21-14-8-3-9-15-21)29(26,27)23(28,16-19-10-4-1-5-11-19)17-20-12-6-2-7-13-20/h1-15,18H,16-17H2. The van der Waals surface area contributed by atoms with E-state index in [-0.39, 0.29) is 17.7 Å². The summed E-state index contributed by atoms with van der Waals surface area (Å²) in [4.78, 5) is -0.134. The first kappa shape index (κ1) is 19.6. The first-order chi connectivity index (χ1) is 13.9. The fourth-order valence-corrected chi connectivity index (χ4v) is 9.21. The van der Waals surface area contributed by atoms with Crippen molar-refractivity contribution in [2.24, 2.45) is 0 Å². The SMILES string of the molecule is O=S1(=O)C=C(c2ccccc2)S(=O)(=O)C1(Cc1ccccc1)Cc1ccccc1. The second-order valence-corrected chi connectivity index (χ2v) is 11.7. The average molecular weight is 425 g/mol. The highest BCUT2D eigenvalue weighted by Crippen LogP contribution is 2.47. The Morgan fingerprint density at radius 1 is 0.586 bits per heavy atom. The van der Waals surface area contributed by atoms with E-state index in [0.717, 1.165) is 5.41 Å². The quantitative estimate of drug-likeness (QED) is 0.621. The van der Waals surface area contributed by atoms with E-state index in [2.05, 4.69) is 0 Å². The second-order valence-electron chi connectivity index (χ2n) is 7.13. The van der Waals surface area contributed by atoms with Crippen LogP contribution in [0.25, 0.3) is 4.91 Å². The zero-order valence-corrected chi connectivity index (χ0v) is 17.2. The Morgan fingerprint density at radius 3 is 1.45 bits per heavy atom. The van der Waals surface area contributed by atoms with Crippen molar-refractivity contribution in [3.63, 3.8) is 0 Å². The molecule has 4 nitrogen and oxygen atoms in total. The minimum atomic E-state index is -4.17. The van der Waals surface area contributed by atoms with E-state index < -0.39 is 23.8 Å². The third kappa shape index (κ3) is 3.32. The van der Waals surface area contributed by atoms with Gasteiger partial charge in [0.1, 0.15) is 0 Å². The van der Waals surface area contributed by atoms with Gasteiger partial charge >= 0.3 is 0 Å². The number of rotatable bonds is 5. The van der Waals surface area contributed by atoms with Crippen LogP contribution in [0.4, 0.5) is 0 Å². The minimum Gasteiger partial charge on any atom is -0.223 e. The second kappa shape index (κ2) is 7.28. The van der Waals surface area contributed by atoms with E-state index in [1.54, 1.807) is 78.9 Å². The molecule has 0 atom stereocenters. The van der Waals surface area contributed by atoms with Crippen molar-refractivity contribution < 1.29 is 16.8 Å². The van der Waals surface area contributed by atoms with Crippen molar-refractivity contribution >= 4 is 24.6 Å². The predicted molar refractivity (Wildman–Crippen MR) is 115 cm³/mol. The topological polar surface area (TPSA) is 68.3 Å². The highest BCUT2D eigenvalue weighted by Gasteiger charge is 2.60. The van der Waals surface area contributed by atoms with Gasteiger partial charge in [-0.05, 0) is 16.7 Å². The lowest BCUT2D eigenvalue weighted by atomic mass is 10.0. The molecule has 0 N–H and O–H groups in total. The molecule has 4 rings (SSSR count). The van der Waals surface area contributed by atoms with E-state index in [9.17, 15) is 16.8 Å². The molecule has 0 aliphatic carbocycles. The Balaban J connectivity index is 1.92. The van der Waals surface area contributed by atoms with Gasteiger partial charge in [-0.15, -0.1) is 0 Å². The molecule has 0 aromatic heterocycles. The molecular weight excluding hydrogens is 404 g/mol. The molecule has 6 heteroatoms. The van der Waals surface area contributed by atoms with Crippen molar-refractivity contribution in [1.29, 1.82) is 0 Å². The number of hydrogen-bond donors (Lipinski definition) is 0. The number of benzene rings is 3. The van der Waals surface area contributed by atoms with Crippen LogP contribution in [0.2, 0.25) is 0 Å². The largest absolute Gasteiger partial charge is 0.223 e. The Morgan fingerprint density at radius 2 is 1.00 bits per heavy atom. The van der Waals surface area contributed by atoms with Crippen molar-refractivity contribution in [1.82, 2.24) is 0 Å². The van der Waals surface area contributed by atoms with E-state index in [1.165, 1.54) is 0 Å². The third-order valence-corrected chi connectivity index (χ3v) is 10.8. The average Bonchev–Trinajstić information content (AvgIpc) is 2.87. The van der Waals surface area contributed by atoms with Crippen molar-refractivity contribution in [2.75, 3.05) is 0 Å². The van der Waals surface area contributed by atoms with Crippen LogP contribution in [-0.4, -0.2) is 20.9 Å². The molecule has 0 radical (unpaired) electrons. The molecule has 3 aromatic carbocycles. The summed E-state index contributed by atoms with van der Waals surface area (Å²) in [6.45, 7) is 0. The number of hydrogen-bond acceptors (Lipinski definition) is 4. The van der Waals surface area contributed by atoms with Gasteiger partial charge in [-0.1, -0.05) is 91.0 Å². The molecule has 0 saturated carbocycles. The fraction of sp³-hybridized carbons (Fsp3) is 0.130. The lowest BCUT2D eigenvalue weighted by Gasteiger charge is -2.28. The number of sulfone groups is 2. The molecule has 29 heavy (non-hydrogen) atoms. The van der Waals surface area contributed by atoms with Crippen LogP contribution >= 0.6 is 0 Å². The fourth-order valence-electron chi connectivity index (χ4n) is 3.76. The first-order valence-electron chi connectivity index (χ1n) is 9.20. The van der Waals surface area contributed by atoms with Crippen LogP contribution in [0.3, 0.4) is 0 Å². The molecule has 0 amide bonds. The maximum Gasteiger partial charge on any atom is 0.200 e. The normalized spacial score (nSPS) is 18.8. The molecule has 1 aliphatic rings. The van der Waals surface area contributed by atoms with Crippen LogP contribution < -0.4 is 0 Å². The molecule has 0 fully saturated rings. The molecule has 148 valence electrons. The van der Waals surface area contributed by atoms with Crippen LogP contribution in [0.15, 0.2) is 96.4 Å². The summed E-state index contributed by atoms with van der Waals surface area (Å²) in [5.74, 6) is 0. The molecular formula is C23H20O4S2. The van der Waals surface area contributed by atoms with Gasteiger partial charge in [-0.2, -0.15) is 0 Å². The lowest BCUT2D eigenvalue weighted by Crippen LogP contribution is -2.46. The summed E-state index contributed by atoms with van der Waals surface area (Å²) in [5, 5.41) is 0.948. The summed E-state index contributed by atoms with van der Waals surface area (Å²) in [5.41, 5.74) is 1.72. The van der Waals surface area contributed by atoms with Gasteiger partial charge in [-0.3, -0.25) is 0 Å². The third-order valence-electron chi connectivity index (χ3n) is 5.25. The first-order valence-corrected chi connectivity index (χ1v) is 12.2. The van der Waals surface area contributed by atoms with Gasteiger partial charge in [0.2, 0.25) is 9.84 Å². The molecule has 1 aliphatic heterocycles. The molecule has 0 unspecified atom stereocenters. The Hall–Kier alpha value is -2.70. The highest BCUT2D eigenvalue weighted by atomic mass is 32.3. The summed E-state index contributed by atoms with van der Waals surface area (Å²) in [6.07, 6.45) is -0.222. The van der Waals surface area contributed by atoms with Crippen LogP contribution in [-0.2, 0) is 32.5 Å². The van der Waals surface area contributed by atoms with Gasteiger partial charge in [-0.25, -0.2) is 16.8 Å². The summed E-state index contributed by atoms with van der Waals surface area (Å²) < 4.78 is 52.5. The Labute approximate surface area is 171 Å². The van der Waals surface area contributed by atoms with Crippen LogP contribution in [0.5, 0.6) is 0 Å². The van der Waals surface area contributed by atoms with Gasteiger partial charge < -0.3 is 0 Å². The lowest BCUT2D eigenvalue weighted by molar-refractivity contribution is 0.547. The Kier molecular flexibility index (Phi) is 4.92. The summed E-state index contributed by atoms with van der Waals surface area (Å²) in [6, 6.07) is 26.2. The maximum atomic E-state index is 13.8. The van der Waals surface area contributed by atoms with Gasteiger partial charge in [0.05, 0.1) is 10.3 Å². The minimum absolute atomic E-state index is 0.111. The highest BCUT2D eigenvalue weighted by molar-refractivity contribution is 8.19. The van der Waals surface area contributed by atoms with Crippen molar-refractivity contribution in [3.05, 3.63) is 113 Å². The smallest absolute Gasteiger partial charge is 0.200 e. The zero-order valence-electron chi connectivity index (χ0n) is 15.6. The molecule has 0 saturated heterocycles. The van der Waals surface area contributed by atoms with E-state index in [0.29, 0.717) is 16.7 Å². The summed E-state index contributed by atoms with van der Waals surface area (Å²) >= 11 is 0. The zero-order chi connectivity index (χ0) is 20.5. The molecule has 1 heterocycles. The van der Waals surface area contributed by atoms with Crippen LogP contribution in [0.1, 0.15) is 16.7 Å². The molecule has 0 bridgehead atoms. The van der Waals surface area contributed by atoms with Crippen LogP contribution in [0, 0.1) is 0 Å². The van der Waals surface area contributed by atoms with Gasteiger partial charge in [0, 0.05) is 12.8 Å². The van der Waals surface area contributed by atoms with Crippen molar-refractivity contribution in [2.45, 2.75) is 16.9 Å². The Bertz CT molecular complexity index is 1200. The summed E-state index contributed by atoms with van der Waals surface area (Å²) in [7, 11) is -8.27. The monoisotopic (exact) mass is 424 g/mol. The van der Waals surface area contributed by atoms with Crippen molar-refractivity contribution in [3.8, 4) is 0 Å². The van der Waals surface area contributed by atoms with Gasteiger partial charge in [0.25, 0.3) is 0 Å². The maximum absolute atomic E-state index is 13.8. The molecule has 3 aromatic rings. The molecule has 0 spiro atoms.